The first-order chi connectivity index (χ1) is 7.74. The van der Waals surface area contributed by atoms with Crippen LogP contribution in [0.1, 0.15) is 30.8 Å². The molecule has 0 aromatic carbocycles. The zero-order chi connectivity index (χ0) is 11.5. The molecule has 0 amide bonds. The average Bonchev–Trinajstić information content (AvgIpc) is 2.87. The Morgan fingerprint density at radius 1 is 1.62 bits per heavy atom. The number of nitrogens with zero attached hydrogens (tertiary/aromatic N) is 2. The Labute approximate surface area is 99.0 Å². The van der Waals surface area contributed by atoms with Gasteiger partial charge in [0.05, 0.1) is 12.3 Å². The summed E-state index contributed by atoms with van der Waals surface area (Å²) in [6.07, 6.45) is 6.24. The van der Waals surface area contributed by atoms with Crippen molar-refractivity contribution in [3.8, 4) is 0 Å². The second-order valence-corrected chi connectivity index (χ2v) is 3.95. The van der Waals surface area contributed by atoms with Crippen molar-refractivity contribution < 1.29 is 4.42 Å². The molecule has 0 aliphatic carbocycles. The summed E-state index contributed by atoms with van der Waals surface area (Å²) in [6, 6.07) is 1.44. The van der Waals surface area contributed by atoms with Crippen molar-refractivity contribution in [3.05, 3.63) is 41.3 Å². The molecule has 0 spiro atoms. The van der Waals surface area contributed by atoms with Crippen LogP contribution in [-0.4, -0.2) is 9.55 Å². The number of halogens is 1. The standard InChI is InChI=1S/C11H14ClN3O/c1-2-5-15-6-4-14-11(15)9(13)8-3-7-16-10(8)12/h3-4,6-7,9H,2,5,13H2,1H3. The average molecular weight is 240 g/mol. The summed E-state index contributed by atoms with van der Waals surface area (Å²) in [5.74, 6) is 0.810. The van der Waals surface area contributed by atoms with Crippen LogP contribution in [0, 0.1) is 0 Å². The van der Waals surface area contributed by atoms with Crippen LogP contribution in [0.5, 0.6) is 0 Å². The first-order valence-corrected chi connectivity index (χ1v) is 5.61. The molecule has 5 heteroatoms. The quantitative estimate of drug-likeness (QED) is 0.892. The van der Waals surface area contributed by atoms with E-state index in [1.807, 2.05) is 10.8 Å². The van der Waals surface area contributed by atoms with Crippen molar-refractivity contribution in [2.75, 3.05) is 0 Å². The number of aromatic nitrogens is 2. The lowest BCUT2D eigenvalue weighted by Gasteiger charge is -2.12. The van der Waals surface area contributed by atoms with Gasteiger partial charge in [0.1, 0.15) is 5.82 Å². The predicted octanol–water partition coefficient (Wildman–Crippen LogP) is 2.59. The molecular formula is C11H14ClN3O. The lowest BCUT2D eigenvalue weighted by atomic mass is 10.1. The van der Waals surface area contributed by atoms with E-state index in [0.717, 1.165) is 24.4 Å². The number of nitrogens with two attached hydrogens (primary N) is 1. The van der Waals surface area contributed by atoms with Gasteiger partial charge in [0.15, 0.2) is 5.22 Å². The number of rotatable bonds is 4. The van der Waals surface area contributed by atoms with Crippen LogP contribution in [0.25, 0.3) is 0 Å². The highest BCUT2D eigenvalue weighted by molar-refractivity contribution is 6.29. The van der Waals surface area contributed by atoms with Crippen LogP contribution >= 0.6 is 11.6 Å². The van der Waals surface area contributed by atoms with Crippen LogP contribution < -0.4 is 5.73 Å². The Morgan fingerprint density at radius 2 is 2.44 bits per heavy atom. The second kappa shape index (κ2) is 4.72. The number of hydrogen-bond acceptors (Lipinski definition) is 3. The number of hydrogen-bond donors (Lipinski definition) is 1. The highest BCUT2D eigenvalue weighted by Crippen LogP contribution is 2.26. The van der Waals surface area contributed by atoms with E-state index in [9.17, 15) is 0 Å². The van der Waals surface area contributed by atoms with Crippen LogP contribution in [-0.2, 0) is 6.54 Å². The van der Waals surface area contributed by atoms with E-state index in [0.29, 0.717) is 5.22 Å². The minimum Gasteiger partial charge on any atom is -0.453 e. The summed E-state index contributed by atoms with van der Waals surface area (Å²) >= 11 is 5.90. The largest absolute Gasteiger partial charge is 0.453 e. The molecule has 4 nitrogen and oxygen atoms in total. The van der Waals surface area contributed by atoms with Crippen molar-refractivity contribution in [1.82, 2.24) is 9.55 Å². The van der Waals surface area contributed by atoms with Crippen LogP contribution in [0.4, 0.5) is 0 Å². The van der Waals surface area contributed by atoms with Gasteiger partial charge in [-0.25, -0.2) is 4.98 Å². The molecule has 0 saturated carbocycles. The normalized spacial score (nSPS) is 12.9. The molecule has 0 bridgehead atoms. The second-order valence-electron chi connectivity index (χ2n) is 3.61. The maximum Gasteiger partial charge on any atom is 0.198 e. The molecule has 2 heterocycles. The molecule has 2 N–H and O–H groups in total. The molecule has 2 aromatic rings. The summed E-state index contributed by atoms with van der Waals surface area (Å²) in [7, 11) is 0. The monoisotopic (exact) mass is 239 g/mol. The molecular weight excluding hydrogens is 226 g/mol. The third kappa shape index (κ3) is 1.99. The van der Waals surface area contributed by atoms with Crippen molar-refractivity contribution in [2.24, 2.45) is 5.73 Å². The van der Waals surface area contributed by atoms with Crippen LogP contribution in [0.3, 0.4) is 0 Å². The van der Waals surface area contributed by atoms with Crippen molar-refractivity contribution in [2.45, 2.75) is 25.9 Å². The van der Waals surface area contributed by atoms with Crippen molar-refractivity contribution in [1.29, 1.82) is 0 Å². The Kier molecular flexibility index (Phi) is 3.31. The van der Waals surface area contributed by atoms with Gasteiger partial charge in [-0.2, -0.15) is 0 Å². The molecule has 0 fully saturated rings. The minimum atomic E-state index is -0.340. The molecule has 16 heavy (non-hydrogen) atoms. The maximum absolute atomic E-state index is 6.11. The first-order valence-electron chi connectivity index (χ1n) is 5.23. The molecule has 1 unspecified atom stereocenters. The molecule has 2 aromatic heterocycles. The summed E-state index contributed by atoms with van der Waals surface area (Å²) in [5, 5.41) is 0.332. The van der Waals surface area contributed by atoms with Gasteiger partial charge in [0, 0.05) is 24.5 Å². The van der Waals surface area contributed by atoms with Crippen LogP contribution in [0.2, 0.25) is 5.22 Å². The Hall–Kier alpha value is -1.26. The molecule has 86 valence electrons. The van der Waals surface area contributed by atoms with Crippen LogP contribution in [0.15, 0.2) is 29.1 Å². The van der Waals surface area contributed by atoms with Gasteiger partial charge >= 0.3 is 0 Å². The SMILES string of the molecule is CCCn1ccnc1C(N)c1ccoc1Cl. The Bertz CT molecular complexity index is 463. The zero-order valence-corrected chi connectivity index (χ0v) is 9.81. The third-order valence-electron chi connectivity index (χ3n) is 2.47. The van der Waals surface area contributed by atoms with Gasteiger partial charge < -0.3 is 14.7 Å². The van der Waals surface area contributed by atoms with Gasteiger partial charge in [-0.3, -0.25) is 0 Å². The number of aryl methyl sites for hydroxylation is 1. The van der Waals surface area contributed by atoms with Gasteiger partial charge in [0.2, 0.25) is 0 Å². The fraction of sp³-hybridized carbons (Fsp3) is 0.364. The molecule has 0 saturated heterocycles. The zero-order valence-electron chi connectivity index (χ0n) is 9.06. The fourth-order valence-electron chi connectivity index (χ4n) is 1.70. The third-order valence-corrected chi connectivity index (χ3v) is 2.78. The van der Waals surface area contributed by atoms with Gasteiger partial charge in [-0.15, -0.1) is 0 Å². The smallest absolute Gasteiger partial charge is 0.198 e. The molecule has 1 atom stereocenters. The number of furan rings is 1. The van der Waals surface area contributed by atoms with E-state index >= 15 is 0 Å². The summed E-state index contributed by atoms with van der Waals surface area (Å²) in [4.78, 5) is 4.27. The van der Waals surface area contributed by atoms with E-state index in [1.54, 1.807) is 12.3 Å². The highest BCUT2D eigenvalue weighted by atomic mass is 35.5. The molecule has 0 aliphatic rings. The van der Waals surface area contributed by atoms with Crippen molar-refractivity contribution in [3.63, 3.8) is 0 Å². The topological polar surface area (TPSA) is 57.0 Å². The van der Waals surface area contributed by atoms with Gasteiger partial charge in [-0.05, 0) is 24.1 Å². The summed E-state index contributed by atoms with van der Waals surface area (Å²) < 4.78 is 7.07. The van der Waals surface area contributed by atoms with Gasteiger partial charge in [-0.1, -0.05) is 6.92 Å². The molecule has 2 rings (SSSR count). The summed E-state index contributed by atoms with van der Waals surface area (Å²) in [6.45, 7) is 3.01. The Morgan fingerprint density at radius 3 is 3.06 bits per heavy atom. The first kappa shape index (κ1) is 11.2. The van der Waals surface area contributed by atoms with E-state index in [1.165, 1.54) is 6.26 Å². The van der Waals surface area contributed by atoms with E-state index in [2.05, 4.69) is 11.9 Å². The lowest BCUT2D eigenvalue weighted by molar-refractivity contribution is 0.559. The lowest BCUT2D eigenvalue weighted by Crippen LogP contribution is -2.17. The van der Waals surface area contributed by atoms with Gasteiger partial charge in [0.25, 0.3) is 0 Å². The summed E-state index contributed by atoms with van der Waals surface area (Å²) in [5.41, 5.74) is 6.88. The van der Waals surface area contributed by atoms with E-state index in [4.69, 9.17) is 21.8 Å². The minimum absolute atomic E-state index is 0.332. The predicted molar refractivity (Wildman–Crippen MR) is 62.3 cm³/mol. The highest BCUT2D eigenvalue weighted by Gasteiger charge is 2.18. The number of imidazole rings is 1. The van der Waals surface area contributed by atoms with E-state index < -0.39 is 0 Å². The molecule has 0 radical (unpaired) electrons. The Balaban J connectivity index is 2.30. The maximum atomic E-state index is 6.11. The molecule has 0 aliphatic heterocycles. The fourth-order valence-corrected chi connectivity index (χ4v) is 1.93. The van der Waals surface area contributed by atoms with E-state index in [-0.39, 0.29) is 6.04 Å². The van der Waals surface area contributed by atoms with Crippen molar-refractivity contribution >= 4 is 11.6 Å².